The fourth-order valence-electron chi connectivity index (χ4n) is 3.82. The van der Waals surface area contributed by atoms with Gasteiger partial charge in [0.2, 0.25) is 15.9 Å². The Morgan fingerprint density at radius 2 is 1.89 bits per heavy atom. The lowest BCUT2D eigenvalue weighted by atomic mass is 9.84. The number of hydrogen-bond acceptors (Lipinski definition) is 3. The molecule has 1 aliphatic carbocycles. The molecule has 2 aromatic rings. The number of benzene rings is 2. The molecule has 1 atom stereocenters. The summed E-state index contributed by atoms with van der Waals surface area (Å²) in [7, 11) is -3.60. The Morgan fingerprint density at radius 1 is 1.15 bits per heavy atom. The van der Waals surface area contributed by atoms with Crippen LogP contribution >= 0.6 is 0 Å². The maximum Gasteiger partial charge on any atom is 0.240 e. The van der Waals surface area contributed by atoms with Crippen LogP contribution in [0.2, 0.25) is 0 Å². The standard InChI is InChI=1S/C21H24N2O3S/c1-15-12-18-13-19(27(25,26)22-14-16-6-3-2-4-7-16)10-11-20(18)23(15)21(24)17-8-5-9-17/h2-4,6-7,10-11,13,15,17,22H,5,8-9,12,14H2,1H3/t15-/m0/s1. The molecule has 5 nitrogen and oxygen atoms in total. The van der Waals surface area contributed by atoms with Crippen molar-refractivity contribution in [1.82, 2.24) is 4.72 Å². The van der Waals surface area contributed by atoms with E-state index in [2.05, 4.69) is 4.72 Å². The van der Waals surface area contributed by atoms with Crippen molar-refractivity contribution in [3.05, 3.63) is 59.7 Å². The topological polar surface area (TPSA) is 66.5 Å². The second-order valence-corrected chi connectivity index (χ2v) is 9.26. The average Bonchev–Trinajstić information content (AvgIpc) is 2.94. The highest BCUT2D eigenvalue weighted by atomic mass is 32.2. The van der Waals surface area contributed by atoms with Crippen LogP contribution in [0.15, 0.2) is 53.4 Å². The van der Waals surface area contributed by atoms with Gasteiger partial charge in [-0.3, -0.25) is 4.79 Å². The van der Waals surface area contributed by atoms with Gasteiger partial charge in [0.05, 0.1) is 4.90 Å². The minimum atomic E-state index is -3.60. The Morgan fingerprint density at radius 3 is 2.56 bits per heavy atom. The average molecular weight is 385 g/mol. The van der Waals surface area contributed by atoms with Crippen LogP contribution in [-0.4, -0.2) is 20.4 Å². The van der Waals surface area contributed by atoms with Crippen molar-refractivity contribution < 1.29 is 13.2 Å². The number of carbonyl (C=O) groups excluding carboxylic acids is 1. The summed E-state index contributed by atoms with van der Waals surface area (Å²) in [5.41, 5.74) is 2.70. The lowest BCUT2D eigenvalue weighted by Gasteiger charge is -2.32. The molecule has 1 amide bonds. The van der Waals surface area contributed by atoms with Gasteiger partial charge in [-0.2, -0.15) is 0 Å². The van der Waals surface area contributed by atoms with E-state index in [1.165, 1.54) is 0 Å². The zero-order valence-corrected chi connectivity index (χ0v) is 16.2. The van der Waals surface area contributed by atoms with Crippen LogP contribution in [0.4, 0.5) is 5.69 Å². The van der Waals surface area contributed by atoms with E-state index >= 15 is 0 Å². The van der Waals surface area contributed by atoms with E-state index in [4.69, 9.17) is 0 Å². The number of rotatable bonds is 5. The SMILES string of the molecule is C[C@H]1Cc2cc(S(=O)(=O)NCc3ccccc3)ccc2N1C(=O)C1CCC1. The van der Waals surface area contributed by atoms with Gasteiger partial charge in [0.1, 0.15) is 0 Å². The molecule has 1 fully saturated rings. The Kier molecular flexibility index (Phi) is 4.78. The second kappa shape index (κ2) is 7.09. The summed E-state index contributed by atoms with van der Waals surface area (Å²) < 4.78 is 28.0. The van der Waals surface area contributed by atoms with Crippen LogP contribution in [0.1, 0.15) is 37.3 Å². The van der Waals surface area contributed by atoms with Crippen molar-refractivity contribution in [2.45, 2.75) is 50.1 Å². The van der Waals surface area contributed by atoms with E-state index in [0.29, 0.717) is 6.42 Å². The molecule has 0 saturated heterocycles. The normalized spacial score (nSPS) is 19.6. The molecule has 0 unspecified atom stereocenters. The molecule has 0 spiro atoms. The predicted octanol–water partition coefficient (Wildman–Crippen LogP) is 3.24. The summed E-state index contributed by atoms with van der Waals surface area (Å²) in [6, 6.07) is 14.6. The molecular formula is C21H24N2O3S. The van der Waals surface area contributed by atoms with Gasteiger partial charge in [0, 0.05) is 24.2 Å². The number of hydrogen-bond donors (Lipinski definition) is 1. The first kappa shape index (κ1) is 18.2. The number of carbonyl (C=O) groups is 1. The third-order valence-corrected chi connectivity index (χ3v) is 6.98. The van der Waals surface area contributed by atoms with Gasteiger partial charge in [0.25, 0.3) is 0 Å². The number of sulfonamides is 1. The van der Waals surface area contributed by atoms with Gasteiger partial charge in [-0.05, 0) is 55.5 Å². The highest BCUT2D eigenvalue weighted by Crippen LogP contribution is 2.38. The summed E-state index contributed by atoms with van der Waals surface area (Å²) in [5.74, 6) is 0.319. The quantitative estimate of drug-likeness (QED) is 0.861. The number of nitrogens with zero attached hydrogens (tertiary/aromatic N) is 1. The summed E-state index contributed by atoms with van der Waals surface area (Å²) in [5, 5.41) is 0. The van der Waals surface area contributed by atoms with Gasteiger partial charge in [-0.15, -0.1) is 0 Å². The maximum absolute atomic E-state index is 12.7. The molecule has 2 aliphatic rings. The van der Waals surface area contributed by atoms with Crippen LogP contribution in [-0.2, 0) is 27.8 Å². The maximum atomic E-state index is 12.7. The predicted molar refractivity (Wildman–Crippen MR) is 105 cm³/mol. The van der Waals surface area contributed by atoms with E-state index < -0.39 is 10.0 Å². The molecular weight excluding hydrogens is 360 g/mol. The largest absolute Gasteiger partial charge is 0.309 e. The summed E-state index contributed by atoms with van der Waals surface area (Å²) >= 11 is 0. The summed E-state index contributed by atoms with van der Waals surface area (Å²) in [6.45, 7) is 2.28. The fraction of sp³-hybridized carbons (Fsp3) is 0.381. The molecule has 1 saturated carbocycles. The second-order valence-electron chi connectivity index (χ2n) is 7.49. The van der Waals surface area contributed by atoms with Crippen molar-refractivity contribution in [3.8, 4) is 0 Å². The monoisotopic (exact) mass is 384 g/mol. The first-order valence-corrected chi connectivity index (χ1v) is 10.9. The van der Waals surface area contributed by atoms with Crippen molar-refractivity contribution >= 4 is 21.6 Å². The first-order chi connectivity index (χ1) is 13.0. The van der Waals surface area contributed by atoms with Crippen LogP contribution in [0, 0.1) is 5.92 Å². The van der Waals surface area contributed by atoms with E-state index in [-0.39, 0.29) is 29.3 Å². The van der Waals surface area contributed by atoms with E-state index in [9.17, 15) is 13.2 Å². The number of amides is 1. The molecule has 142 valence electrons. The van der Waals surface area contributed by atoms with Crippen molar-refractivity contribution in [2.75, 3.05) is 4.90 Å². The Balaban J connectivity index is 1.54. The molecule has 4 rings (SSSR count). The number of anilines is 1. The van der Waals surface area contributed by atoms with E-state index in [1.54, 1.807) is 18.2 Å². The molecule has 1 aliphatic heterocycles. The van der Waals surface area contributed by atoms with Crippen LogP contribution in [0.3, 0.4) is 0 Å². The molecule has 0 radical (unpaired) electrons. The number of nitrogens with one attached hydrogen (secondary N) is 1. The van der Waals surface area contributed by atoms with Crippen LogP contribution in [0.5, 0.6) is 0 Å². The minimum Gasteiger partial charge on any atom is -0.309 e. The molecule has 27 heavy (non-hydrogen) atoms. The Hall–Kier alpha value is -2.18. The molecule has 0 aromatic heterocycles. The third kappa shape index (κ3) is 3.51. The smallest absolute Gasteiger partial charge is 0.240 e. The van der Waals surface area contributed by atoms with E-state index in [1.807, 2.05) is 42.2 Å². The Bertz CT molecular complexity index is 953. The first-order valence-electron chi connectivity index (χ1n) is 9.45. The van der Waals surface area contributed by atoms with Crippen LogP contribution < -0.4 is 9.62 Å². The van der Waals surface area contributed by atoms with E-state index in [0.717, 1.165) is 36.1 Å². The highest BCUT2D eigenvalue weighted by Gasteiger charge is 2.37. The molecule has 1 heterocycles. The third-order valence-electron chi connectivity index (χ3n) is 5.58. The minimum absolute atomic E-state index is 0.0725. The lowest BCUT2D eigenvalue weighted by Crippen LogP contribution is -2.42. The summed E-state index contributed by atoms with van der Waals surface area (Å²) in [4.78, 5) is 14.9. The molecule has 1 N–H and O–H groups in total. The van der Waals surface area contributed by atoms with Gasteiger partial charge >= 0.3 is 0 Å². The number of fused-ring (bicyclic) bond motifs is 1. The summed E-state index contributed by atoms with van der Waals surface area (Å²) in [6.07, 6.45) is 3.74. The van der Waals surface area contributed by atoms with Crippen molar-refractivity contribution in [3.63, 3.8) is 0 Å². The molecule has 0 bridgehead atoms. The Labute approximate surface area is 160 Å². The van der Waals surface area contributed by atoms with Crippen LogP contribution in [0.25, 0.3) is 0 Å². The highest BCUT2D eigenvalue weighted by molar-refractivity contribution is 7.89. The molecule has 6 heteroatoms. The van der Waals surface area contributed by atoms with Crippen molar-refractivity contribution in [1.29, 1.82) is 0 Å². The molecule has 2 aromatic carbocycles. The van der Waals surface area contributed by atoms with Gasteiger partial charge in [-0.25, -0.2) is 13.1 Å². The zero-order valence-electron chi connectivity index (χ0n) is 15.4. The fourth-order valence-corrected chi connectivity index (χ4v) is 4.89. The van der Waals surface area contributed by atoms with Gasteiger partial charge in [-0.1, -0.05) is 36.8 Å². The van der Waals surface area contributed by atoms with Gasteiger partial charge in [0.15, 0.2) is 0 Å². The van der Waals surface area contributed by atoms with Crippen molar-refractivity contribution in [2.24, 2.45) is 5.92 Å². The zero-order chi connectivity index (χ0) is 19.0. The van der Waals surface area contributed by atoms with Gasteiger partial charge < -0.3 is 4.90 Å². The lowest BCUT2D eigenvalue weighted by molar-refractivity contribution is -0.125.